The fraction of sp³-hybridized carbons (Fsp3) is 0.276. The predicted molar refractivity (Wildman–Crippen MR) is 128 cm³/mol. The van der Waals surface area contributed by atoms with Crippen LogP contribution in [-0.2, 0) is 4.79 Å². The van der Waals surface area contributed by atoms with Crippen molar-refractivity contribution in [2.75, 3.05) is 0 Å². The van der Waals surface area contributed by atoms with Gasteiger partial charge >= 0.3 is 0 Å². The molecular weight excluding hydrogens is 364 g/mol. The average molecular weight is 397 g/mol. The van der Waals surface area contributed by atoms with Crippen LogP contribution in [0.15, 0.2) is 91.0 Å². The molecule has 0 spiro atoms. The van der Waals surface area contributed by atoms with Gasteiger partial charge in [0.05, 0.1) is 0 Å². The van der Waals surface area contributed by atoms with E-state index in [1.807, 2.05) is 54.6 Å². The molecule has 0 radical (unpaired) electrons. The summed E-state index contributed by atoms with van der Waals surface area (Å²) in [7, 11) is 0. The summed E-state index contributed by atoms with van der Waals surface area (Å²) in [6.07, 6.45) is 1.31. The monoisotopic (exact) mass is 396 g/mol. The van der Waals surface area contributed by atoms with E-state index in [1.54, 1.807) is 0 Å². The molecular formula is C29H32O. The van der Waals surface area contributed by atoms with Crippen molar-refractivity contribution in [3.8, 4) is 0 Å². The summed E-state index contributed by atoms with van der Waals surface area (Å²) in [5.74, 6) is 1.15. The van der Waals surface area contributed by atoms with Crippen molar-refractivity contribution in [1.82, 2.24) is 0 Å². The normalized spacial score (nSPS) is 18.4. The van der Waals surface area contributed by atoms with Crippen LogP contribution < -0.4 is 0 Å². The third-order valence-corrected chi connectivity index (χ3v) is 5.86. The molecule has 1 heteroatoms. The molecule has 0 fully saturated rings. The molecule has 0 heterocycles. The van der Waals surface area contributed by atoms with Crippen molar-refractivity contribution in [3.05, 3.63) is 108 Å². The summed E-state index contributed by atoms with van der Waals surface area (Å²) >= 11 is 0. The summed E-state index contributed by atoms with van der Waals surface area (Å²) < 4.78 is 0. The van der Waals surface area contributed by atoms with Crippen LogP contribution in [0.25, 0.3) is 11.1 Å². The topological polar surface area (TPSA) is 17.1 Å². The minimum atomic E-state index is -0.0622. The number of allylic oxidation sites excluding steroid dienone is 2. The SMILES string of the molecule is CCC(C)C.C[C@@H]1C(=O)C(c2ccccc2)=C(c2ccccc2)[C@@H]1c1ccccc1. The Hall–Kier alpha value is -2.93. The Morgan fingerprint density at radius 2 is 1.17 bits per heavy atom. The van der Waals surface area contributed by atoms with Crippen LogP contribution in [0.1, 0.15) is 56.7 Å². The number of carbonyl (C=O) groups excluding carboxylic acids is 1. The van der Waals surface area contributed by atoms with Gasteiger partial charge in [0, 0.05) is 17.4 Å². The molecule has 0 aliphatic heterocycles. The van der Waals surface area contributed by atoms with Crippen LogP contribution in [0.4, 0.5) is 0 Å². The molecule has 0 saturated heterocycles. The van der Waals surface area contributed by atoms with E-state index >= 15 is 0 Å². The molecule has 3 aromatic rings. The Morgan fingerprint density at radius 1 is 0.733 bits per heavy atom. The smallest absolute Gasteiger partial charge is 0.167 e. The Morgan fingerprint density at radius 3 is 1.63 bits per heavy atom. The standard InChI is InChI=1S/C24H20O.C5H12/c1-17-21(18-11-5-2-6-12-18)22(19-13-7-3-8-14-19)23(24(17)25)20-15-9-4-10-16-20;1-4-5(2)3/h2-17,21H,1H3;5H,4H2,1-3H3/t17-,21-;/m0./s1. The predicted octanol–water partition coefficient (Wildman–Crippen LogP) is 7.65. The molecule has 1 nitrogen and oxygen atoms in total. The average Bonchev–Trinajstić information content (AvgIpc) is 3.06. The van der Waals surface area contributed by atoms with Crippen LogP contribution in [0.3, 0.4) is 0 Å². The van der Waals surface area contributed by atoms with E-state index in [9.17, 15) is 4.79 Å². The number of ketones is 1. The van der Waals surface area contributed by atoms with Gasteiger partial charge in [-0.2, -0.15) is 0 Å². The zero-order chi connectivity index (χ0) is 21.5. The third kappa shape index (κ3) is 4.79. The van der Waals surface area contributed by atoms with Gasteiger partial charge in [0.1, 0.15) is 0 Å². The van der Waals surface area contributed by atoms with Gasteiger partial charge in [-0.05, 0) is 28.2 Å². The van der Waals surface area contributed by atoms with Gasteiger partial charge in [0.2, 0.25) is 0 Å². The minimum Gasteiger partial charge on any atom is -0.294 e. The van der Waals surface area contributed by atoms with Crippen molar-refractivity contribution in [2.24, 2.45) is 11.8 Å². The van der Waals surface area contributed by atoms with E-state index in [-0.39, 0.29) is 17.6 Å². The van der Waals surface area contributed by atoms with Crippen molar-refractivity contribution in [2.45, 2.75) is 40.0 Å². The molecule has 0 unspecified atom stereocenters. The first-order chi connectivity index (χ1) is 14.5. The van der Waals surface area contributed by atoms with Crippen LogP contribution in [0.5, 0.6) is 0 Å². The first-order valence-electron chi connectivity index (χ1n) is 11.0. The highest BCUT2D eigenvalue weighted by Gasteiger charge is 2.40. The Balaban J connectivity index is 0.000000461. The Bertz CT molecular complexity index is 969. The number of hydrogen-bond acceptors (Lipinski definition) is 1. The van der Waals surface area contributed by atoms with E-state index in [1.165, 1.54) is 12.0 Å². The molecule has 1 aliphatic rings. The Labute approximate surface area is 181 Å². The highest BCUT2D eigenvalue weighted by atomic mass is 16.1. The lowest BCUT2D eigenvalue weighted by molar-refractivity contribution is -0.116. The van der Waals surface area contributed by atoms with Crippen molar-refractivity contribution < 1.29 is 4.79 Å². The lowest BCUT2D eigenvalue weighted by Crippen LogP contribution is -2.12. The van der Waals surface area contributed by atoms with E-state index in [0.717, 1.165) is 28.2 Å². The van der Waals surface area contributed by atoms with Crippen LogP contribution in [-0.4, -0.2) is 5.78 Å². The van der Waals surface area contributed by atoms with E-state index < -0.39 is 0 Å². The summed E-state index contributed by atoms with van der Waals surface area (Å²) in [4.78, 5) is 13.2. The van der Waals surface area contributed by atoms with Gasteiger partial charge in [-0.1, -0.05) is 125 Å². The van der Waals surface area contributed by atoms with Crippen LogP contribution in [0, 0.1) is 11.8 Å². The molecule has 0 bridgehead atoms. The molecule has 0 saturated carbocycles. The maximum atomic E-state index is 13.2. The van der Waals surface area contributed by atoms with Crippen molar-refractivity contribution in [3.63, 3.8) is 0 Å². The summed E-state index contributed by atoms with van der Waals surface area (Å²) in [6.45, 7) is 8.70. The molecule has 1 aliphatic carbocycles. The second-order valence-corrected chi connectivity index (χ2v) is 8.36. The highest BCUT2D eigenvalue weighted by Crippen LogP contribution is 2.49. The number of carbonyl (C=O) groups is 1. The van der Waals surface area contributed by atoms with Gasteiger partial charge in [-0.3, -0.25) is 4.79 Å². The number of rotatable bonds is 4. The summed E-state index contributed by atoms with van der Waals surface area (Å²) in [5.41, 5.74) is 5.36. The van der Waals surface area contributed by atoms with Gasteiger partial charge in [0.25, 0.3) is 0 Å². The van der Waals surface area contributed by atoms with Crippen LogP contribution >= 0.6 is 0 Å². The lowest BCUT2D eigenvalue weighted by Gasteiger charge is -2.20. The lowest BCUT2D eigenvalue weighted by atomic mass is 9.83. The molecule has 0 amide bonds. The largest absolute Gasteiger partial charge is 0.294 e. The zero-order valence-electron chi connectivity index (χ0n) is 18.5. The molecule has 3 aromatic carbocycles. The zero-order valence-corrected chi connectivity index (χ0v) is 18.5. The highest BCUT2D eigenvalue weighted by molar-refractivity contribution is 6.33. The first-order valence-corrected chi connectivity index (χ1v) is 11.0. The second-order valence-electron chi connectivity index (χ2n) is 8.36. The number of benzene rings is 3. The fourth-order valence-corrected chi connectivity index (χ4v) is 3.88. The number of Topliss-reactive ketones (excluding diaryl/α,β-unsaturated/α-hetero) is 1. The second kappa shape index (κ2) is 10.2. The third-order valence-electron chi connectivity index (χ3n) is 5.86. The summed E-state index contributed by atoms with van der Waals surface area (Å²) in [6, 6.07) is 30.8. The van der Waals surface area contributed by atoms with Crippen LogP contribution in [0.2, 0.25) is 0 Å². The molecule has 2 atom stereocenters. The van der Waals surface area contributed by atoms with E-state index in [4.69, 9.17) is 0 Å². The maximum Gasteiger partial charge on any atom is 0.167 e. The van der Waals surface area contributed by atoms with E-state index in [0.29, 0.717) is 0 Å². The molecule has 30 heavy (non-hydrogen) atoms. The molecule has 154 valence electrons. The van der Waals surface area contributed by atoms with E-state index in [2.05, 4.69) is 64.1 Å². The van der Waals surface area contributed by atoms with Gasteiger partial charge < -0.3 is 0 Å². The van der Waals surface area contributed by atoms with Gasteiger partial charge in [-0.15, -0.1) is 0 Å². The molecule has 4 rings (SSSR count). The first kappa shape index (κ1) is 21.8. The fourth-order valence-electron chi connectivity index (χ4n) is 3.88. The van der Waals surface area contributed by atoms with Gasteiger partial charge in [-0.25, -0.2) is 0 Å². The van der Waals surface area contributed by atoms with Crippen molar-refractivity contribution in [1.29, 1.82) is 0 Å². The maximum absolute atomic E-state index is 13.2. The molecule has 0 N–H and O–H groups in total. The number of hydrogen-bond donors (Lipinski definition) is 0. The summed E-state index contributed by atoms with van der Waals surface area (Å²) in [5, 5.41) is 0. The Kier molecular flexibility index (Phi) is 7.41. The quantitative estimate of drug-likeness (QED) is 0.442. The molecule has 0 aromatic heterocycles. The van der Waals surface area contributed by atoms with Crippen molar-refractivity contribution >= 4 is 16.9 Å². The van der Waals surface area contributed by atoms with Gasteiger partial charge in [0.15, 0.2) is 5.78 Å². The minimum absolute atomic E-state index is 0.0622.